The van der Waals surface area contributed by atoms with Gasteiger partial charge in [0.1, 0.15) is 0 Å². The number of rotatable bonds is 5. The van der Waals surface area contributed by atoms with Gasteiger partial charge < -0.3 is 14.2 Å². The normalized spacial score (nSPS) is 9.50. The summed E-state index contributed by atoms with van der Waals surface area (Å²) < 4.78 is 12.9. The lowest BCUT2D eigenvalue weighted by Gasteiger charge is -2.10. The maximum absolute atomic E-state index is 11.4. The van der Waals surface area contributed by atoms with Gasteiger partial charge in [0.2, 0.25) is 5.92 Å². The lowest BCUT2D eigenvalue weighted by atomic mass is 10.1. The summed E-state index contributed by atoms with van der Waals surface area (Å²) in [5, 5.41) is 0. The van der Waals surface area contributed by atoms with E-state index in [4.69, 9.17) is 0 Å². The van der Waals surface area contributed by atoms with Gasteiger partial charge in [-0.1, -0.05) is 0 Å². The Balaban J connectivity index is 4.63. The fourth-order valence-corrected chi connectivity index (χ4v) is 0.851. The number of esters is 3. The molecule has 0 spiro atoms. The fourth-order valence-electron chi connectivity index (χ4n) is 0.851. The molecule has 0 aliphatic heterocycles. The highest BCUT2D eigenvalue weighted by Crippen LogP contribution is 2.05. The van der Waals surface area contributed by atoms with E-state index < -0.39 is 36.2 Å². The molecule has 7 heteroatoms. The molecule has 0 aromatic heterocycles. The Bertz CT molecular complexity index is 291. The topological polar surface area (TPSA) is 96.0 Å². The molecule has 0 amide bonds. The van der Waals surface area contributed by atoms with Crippen molar-refractivity contribution in [3.63, 3.8) is 0 Å². The Labute approximate surface area is 91.6 Å². The smallest absolute Gasteiger partial charge is 0.327 e. The molecule has 0 rings (SSSR count). The van der Waals surface area contributed by atoms with Gasteiger partial charge in [-0.25, -0.2) is 0 Å². The first-order valence-corrected chi connectivity index (χ1v) is 4.25. The standard InChI is InChI=1S/C9H12O7/c1-5(10)16-4-6(11)7(8(12)14-2)9(13)15-3/h7H,4H2,1-3H3. The summed E-state index contributed by atoms with van der Waals surface area (Å²) in [6.07, 6.45) is 0. The number of methoxy groups -OCH3 is 2. The van der Waals surface area contributed by atoms with Gasteiger partial charge in [-0.05, 0) is 0 Å². The largest absolute Gasteiger partial charge is 0.468 e. The molecule has 0 aliphatic carbocycles. The zero-order chi connectivity index (χ0) is 12.7. The molecular formula is C9H12O7. The zero-order valence-corrected chi connectivity index (χ0v) is 9.14. The second-order valence-corrected chi connectivity index (χ2v) is 2.73. The van der Waals surface area contributed by atoms with Crippen LogP contribution >= 0.6 is 0 Å². The third-order valence-corrected chi connectivity index (χ3v) is 1.61. The van der Waals surface area contributed by atoms with Crippen LogP contribution in [0.2, 0.25) is 0 Å². The van der Waals surface area contributed by atoms with Crippen LogP contribution in [0.15, 0.2) is 0 Å². The van der Waals surface area contributed by atoms with Crippen molar-refractivity contribution in [2.75, 3.05) is 20.8 Å². The Morgan fingerprint density at radius 2 is 1.44 bits per heavy atom. The highest BCUT2D eigenvalue weighted by atomic mass is 16.6. The molecule has 0 saturated carbocycles. The first-order valence-electron chi connectivity index (χ1n) is 4.25. The number of Topliss-reactive ketones (excluding diaryl/α,β-unsaturated/α-hetero) is 1. The van der Waals surface area contributed by atoms with Gasteiger partial charge in [0.05, 0.1) is 14.2 Å². The molecule has 0 radical (unpaired) electrons. The first-order chi connectivity index (χ1) is 7.43. The number of ether oxygens (including phenoxy) is 3. The minimum absolute atomic E-state index is 0.676. The molecular weight excluding hydrogens is 220 g/mol. The van der Waals surface area contributed by atoms with E-state index >= 15 is 0 Å². The Hall–Kier alpha value is -1.92. The summed E-state index contributed by atoms with van der Waals surface area (Å²) in [6, 6.07) is 0. The van der Waals surface area contributed by atoms with Crippen LogP contribution in [0, 0.1) is 5.92 Å². The summed E-state index contributed by atoms with van der Waals surface area (Å²) in [5.74, 6) is -5.40. The van der Waals surface area contributed by atoms with Gasteiger partial charge >= 0.3 is 17.9 Å². The molecule has 0 saturated heterocycles. The fraction of sp³-hybridized carbons (Fsp3) is 0.556. The van der Waals surface area contributed by atoms with Crippen LogP contribution < -0.4 is 0 Å². The molecule has 0 heterocycles. The highest BCUT2D eigenvalue weighted by molar-refractivity contribution is 6.15. The maximum Gasteiger partial charge on any atom is 0.327 e. The van der Waals surface area contributed by atoms with Gasteiger partial charge in [-0.15, -0.1) is 0 Å². The van der Waals surface area contributed by atoms with E-state index in [9.17, 15) is 19.2 Å². The van der Waals surface area contributed by atoms with E-state index in [1.165, 1.54) is 0 Å². The Kier molecular flexibility index (Phi) is 5.76. The third kappa shape index (κ3) is 4.07. The number of hydrogen-bond acceptors (Lipinski definition) is 7. The predicted molar refractivity (Wildman–Crippen MR) is 49.2 cm³/mol. The van der Waals surface area contributed by atoms with Gasteiger partial charge in [0.15, 0.2) is 12.4 Å². The number of ketones is 1. The lowest BCUT2D eigenvalue weighted by Crippen LogP contribution is -2.36. The van der Waals surface area contributed by atoms with E-state index in [1.807, 2.05) is 0 Å². The van der Waals surface area contributed by atoms with E-state index in [0.29, 0.717) is 0 Å². The Morgan fingerprint density at radius 1 is 1.00 bits per heavy atom. The average molecular weight is 232 g/mol. The van der Waals surface area contributed by atoms with Crippen LogP contribution in [0.5, 0.6) is 0 Å². The number of carbonyl (C=O) groups excluding carboxylic acids is 4. The number of hydrogen-bond donors (Lipinski definition) is 0. The molecule has 0 aromatic carbocycles. The molecule has 0 aromatic rings. The van der Waals surface area contributed by atoms with Gasteiger partial charge in [-0.2, -0.15) is 0 Å². The predicted octanol–water partition coefficient (Wildman–Crippen LogP) is -0.919. The van der Waals surface area contributed by atoms with E-state index in [1.54, 1.807) is 0 Å². The van der Waals surface area contributed by atoms with E-state index in [-0.39, 0.29) is 0 Å². The zero-order valence-electron chi connectivity index (χ0n) is 9.14. The average Bonchev–Trinajstić information content (AvgIpc) is 2.25. The summed E-state index contributed by atoms with van der Waals surface area (Å²) >= 11 is 0. The maximum atomic E-state index is 11.4. The summed E-state index contributed by atoms with van der Waals surface area (Å²) in [7, 11) is 2.05. The molecule has 7 nitrogen and oxygen atoms in total. The van der Waals surface area contributed by atoms with Crippen LogP contribution in [-0.2, 0) is 33.4 Å². The molecule has 16 heavy (non-hydrogen) atoms. The van der Waals surface area contributed by atoms with Crippen LogP contribution in [0.4, 0.5) is 0 Å². The van der Waals surface area contributed by atoms with Crippen LogP contribution in [0.1, 0.15) is 6.92 Å². The van der Waals surface area contributed by atoms with Crippen molar-refractivity contribution >= 4 is 23.7 Å². The monoisotopic (exact) mass is 232 g/mol. The van der Waals surface area contributed by atoms with Crippen LogP contribution in [0.25, 0.3) is 0 Å². The summed E-state index contributed by atoms with van der Waals surface area (Å²) in [6.45, 7) is 0.419. The third-order valence-electron chi connectivity index (χ3n) is 1.61. The van der Waals surface area contributed by atoms with Crippen LogP contribution in [0.3, 0.4) is 0 Å². The lowest BCUT2D eigenvalue weighted by molar-refractivity contribution is -0.164. The summed E-state index contributed by atoms with van der Waals surface area (Å²) in [4.78, 5) is 44.0. The SMILES string of the molecule is COC(=O)C(C(=O)COC(C)=O)C(=O)OC. The molecule has 0 N–H and O–H groups in total. The molecule has 0 unspecified atom stereocenters. The van der Waals surface area contributed by atoms with E-state index in [2.05, 4.69) is 14.2 Å². The van der Waals surface area contributed by atoms with Crippen molar-refractivity contribution in [3.8, 4) is 0 Å². The van der Waals surface area contributed by atoms with Crippen molar-refractivity contribution in [1.29, 1.82) is 0 Å². The minimum atomic E-state index is -1.71. The molecule has 0 bridgehead atoms. The van der Waals surface area contributed by atoms with Crippen molar-refractivity contribution in [1.82, 2.24) is 0 Å². The van der Waals surface area contributed by atoms with E-state index in [0.717, 1.165) is 21.1 Å². The van der Waals surface area contributed by atoms with Crippen molar-refractivity contribution in [2.45, 2.75) is 6.92 Å². The Morgan fingerprint density at radius 3 is 1.75 bits per heavy atom. The first kappa shape index (κ1) is 14.1. The van der Waals surface area contributed by atoms with Gasteiger partial charge in [-0.3, -0.25) is 19.2 Å². The quantitative estimate of drug-likeness (QED) is 0.343. The molecule has 90 valence electrons. The van der Waals surface area contributed by atoms with Gasteiger partial charge in [0.25, 0.3) is 0 Å². The molecule has 0 fully saturated rings. The second kappa shape index (κ2) is 6.54. The summed E-state index contributed by atoms with van der Waals surface area (Å²) in [5.41, 5.74) is 0. The van der Waals surface area contributed by atoms with Crippen molar-refractivity contribution < 1.29 is 33.4 Å². The second-order valence-electron chi connectivity index (χ2n) is 2.73. The number of carbonyl (C=O) groups is 4. The van der Waals surface area contributed by atoms with Crippen LogP contribution in [-0.4, -0.2) is 44.5 Å². The van der Waals surface area contributed by atoms with Crippen molar-refractivity contribution in [2.24, 2.45) is 5.92 Å². The molecule has 0 atom stereocenters. The molecule has 0 aliphatic rings. The minimum Gasteiger partial charge on any atom is -0.468 e. The highest BCUT2D eigenvalue weighted by Gasteiger charge is 2.36. The van der Waals surface area contributed by atoms with Crippen molar-refractivity contribution in [3.05, 3.63) is 0 Å². The van der Waals surface area contributed by atoms with Gasteiger partial charge in [0, 0.05) is 6.92 Å².